The van der Waals surface area contributed by atoms with Crippen LogP contribution in [-0.4, -0.2) is 17.6 Å². The summed E-state index contributed by atoms with van der Waals surface area (Å²) in [4.78, 5) is 11.6. The van der Waals surface area contributed by atoms with E-state index < -0.39 is 0 Å². The molecule has 1 amide bonds. The molecule has 1 aromatic carbocycles. The molecule has 3 nitrogen and oxygen atoms in total. The minimum atomic E-state index is 0.0183. The third kappa shape index (κ3) is 5.33. The Morgan fingerprint density at radius 2 is 2.00 bits per heavy atom. The SMILES string of the molecule is C[C@H](NC(=O)CCCCO)c1ccc(Br)cc1. The van der Waals surface area contributed by atoms with Crippen LogP contribution in [0.1, 0.15) is 37.8 Å². The lowest BCUT2D eigenvalue weighted by Gasteiger charge is -2.14. The molecule has 1 atom stereocenters. The highest BCUT2D eigenvalue weighted by Crippen LogP contribution is 2.16. The summed E-state index contributed by atoms with van der Waals surface area (Å²) in [7, 11) is 0. The van der Waals surface area contributed by atoms with Crippen molar-refractivity contribution < 1.29 is 9.90 Å². The Morgan fingerprint density at radius 1 is 1.35 bits per heavy atom. The first-order chi connectivity index (χ1) is 8.13. The van der Waals surface area contributed by atoms with Gasteiger partial charge in [-0.1, -0.05) is 28.1 Å². The summed E-state index contributed by atoms with van der Waals surface area (Å²) in [6.45, 7) is 2.11. The van der Waals surface area contributed by atoms with Crippen molar-refractivity contribution in [2.45, 2.75) is 32.2 Å². The van der Waals surface area contributed by atoms with E-state index in [0.717, 1.165) is 16.5 Å². The highest BCUT2D eigenvalue weighted by atomic mass is 79.9. The standard InChI is InChI=1S/C13H18BrNO2/c1-10(11-5-7-12(14)8-6-11)15-13(17)4-2-3-9-16/h5-8,10,16H,2-4,9H2,1H3,(H,15,17)/t10-/m0/s1. The topological polar surface area (TPSA) is 49.3 Å². The van der Waals surface area contributed by atoms with Crippen LogP contribution < -0.4 is 5.32 Å². The average Bonchev–Trinajstić information content (AvgIpc) is 2.30. The first-order valence-electron chi connectivity index (χ1n) is 5.79. The van der Waals surface area contributed by atoms with Crippen LogP contribution in [0.3, 0.4) is 0 Å². The van der Waals surface area contributed by atoms with E-state index in [9.17, 15) is 4.79 Å². The number of unbranched alkanes of at least 4 members (excludes halogenated alkanes) is 1. The van der Waals surface area contributed by atoms with E-state index in [1.54, 1.807) is 0 Å². The molecule has 0 bridgehead atoms. The molecule has 0 heterocycles. The van der Waals surface area contributed by atoms with Crippen LogP contribution in [0.2, 0.25) is 0 Å². The van der Waals surface area contributed by atoms with Gasteiger partial charge in [0.2, 0.25) is 5.91 Å². The first kappa shape index (κ1) is 14.2. The maximum absolute atomic E-state index is 11.6. The summed E-state index contributed by atoms with van der Waals surface area (Å²) >= 11 is 3.38. The number of aliphatic hydroxyl groups is 1. The predicted molar refractivity (Wildman–Crippen MR) is 71.6 cm³/mol. The van der Waals surface area contributed by atoms with Crippen LogP contribution >= 0.6 is 15.9 Å². The van der Waals surface area contributed by atoms with Crippen molar-refractivity contribution in [2.24, 2.45) is 0 Å². The van der Waals surface area contributed by atoms with Gasteiger partial charge in [-0.2, -0.15) is 0 Å². The number of aliphatic hydroxyl groups excluding tert-OH is 1. The molecule has 0 saturated heterocycles. The molecular weight excluding hydrogens is 282 g/mol. The zero-order valence-electron chi connectivity index (χ0n) is 9.95. The maximum atomic E-state index is 11.6. The summed E-state index contributed by atoms with van der Waals surface area (Å²) in [5.74, 6) is 0.0360. The van der Waals surface area contributed by atoms with E-state index in [2.05, 4.69) is 21.2 Å². The smallest absolute Gasteiger partial charge is 0.220 e. The molecule has 0 aliphatic heterocycles. The zero-order chi connectivity index (χ0) is 12.7. The highest BCUT2D eigenvalue weighted by molar-refractivity contribution is 9.10. The van der Waals surface area contributed by atoms with Crippen molar-refractivity contribution in [3.63, 3.8) is 0 Å². The van der Waals surface area contributed by atoms with Gasteiger partial charge in [0.15, 0.2) is 0 Å². The van der Waals surface area contributed by atoms with E-state index in [4.69, 9.17) is 5.11 Å². The molecule has 0 radical (unpaired) electrons. The highest BCUT2D eigenvalue weighted by Gasteiger charge is 2.08. The van der Waals surface area contributed by atoms with E-state index in [-0.39, 0.29) is 18.6 Å². The molecule has 94 valence electrons. The molecule has 0 aliphatic rings. The molecule has 4 heteroatoms. The Balaban J connectivity index is 2.40. The van der Waals surface area contributed by atoms with Gasteiger partial charge >= 0.3 is 0 Å². The number of hydrogen-bond donors (Lipinski definition) is 2. The third-order valence-electron chi connectivity index (χ3n) is 2.56. The second-order valence-electron chi connectivity index (χ2n) is 4.02. The largest absolute Gasteiger partial charge is 0.396 e. The van der Waals surface area contributed by atoms with Gasteiger partial charge in [-0.15, -0.1) is 0 Å². The van der Waals surface area contributed by atoms with Gasteiger partial charge < -0.3 is 10.4 Å². The van der Waals surface area contributed by atoms with Crippen LogP contribution in [0.25, 0.3) is 0 Å². The fraction of sp³-hybridized carbons (Fsp3) is 0.462. The van der Waals surface area contributed by atoms with Crippen LogP contribution in [0.15, 0.2) is 28.7 Å². The Bertz CT molecular complexity index is 351. The predicted octanol–water partition coefficient (Wildman–Crippen LogP) is 2.79. The number of carbonyl (C=O) groups excluding carboxylic acids is 1. The number of carbonyl (C=O) groups is 1. The van der Waals surface area contributed by atoms with Gasteiger partial charge in [0.05, 0.1) is 6.04 Å². The number of benzene rings is 1. The molecule has 1 rings (SSSR count). The molecule has 0 spiro atoms. The lowest BCUT2D eigenvalue weighted by molar-refractivity contribution is -0.121. The number of halogens is 1. The number of nitrogens with one attached hydrogen (secondary N) is 1. The molecule has 0 aliphatic carbocycles. The van der Waals surface area contributed by atoms with Crippen LogP contribution in [0.5, 0.6) is 0 Å². The normalized spacial score (nSPS) is 12.2. The minimum absolute atomic E-state index is 0.0183. The van der Waals surface area contributed by atoms with Gasteiger partial charge in [0.25, 0.3) is 0 Å². The van der Waals surface area contributed by atoms with Crippen molar-refractivity contribution in [1.29, 1.82) is 0 Å². The average molecular weight is 300 g/mol. The van der Waals surface area contributed by atoms with Crippen molar-refractivity contribution in [3.05, 3.63) is 34.3 Å². The Hall–Kier alpha value is -0.870. The van der Waals surface area contributed by atoms with Crippen molar-refractivity contribution >= 4 is 21.8 Å². The molecule has 0 saturated carbocycles. The second kappa shape index (κ2) is 7.45. The molecule has 17 heavy (non-hydrogen) atoms. The number of amides is 1. The van der Waals surface area contributed by atoms with Crippen LogP contribution in [0.4, 0.5) is 0 Å². The van der Waals surface area contributed by atoms with E-state index in [0.29, 0.717) is 12.8 Å². The summed E-state index contributed by atoms with van der Waals surface area (Å²) in [6.07, 6.45) is 1.89. The van der Waals surface area contributed by atoms with Crippen LogP contribution in [0, 0.1) is 0 Å². The Kier molecular flexibility index (Phi) is 6.22. The first-order valence-corrected chi connectivity index (χ1v) is 6.58. The van der Waals surface area contributed by atoms with Crippen molar-refractivity contribution in [3.8, 4) is 0 Å². The Morgan fingerprint density at radius 3 is 2.59 bits per heavy atom. The van der Waals surface area contributed by atoms with E-state index >= 15 is 0 Å². The van der Waals surface area contributed by atoms with Crippen molar-refractivity contribution in [2.75, 3.05) is 6.61 Å². The van der Waals surface area contributed by atoms with Gasteiger partial charge in [0, 0.05) is 17.5 Å². The molecule has 1 aromatic rings. The summed E-state index contributed by atoms with van der Waals surface area (Å²) in [6, 6.07) is 7.92. The van der Waals surface area contributed by atoms with Gasteiger partial charge in [-0.3, -0.25) is 4.79 Å². The van der Waals surface area contributed by atoms with Gasteiger partial charge in [-0.25, -0.2) is 0 Å². The molecule has 0 unspecified atom stereocenters. The van der Waals surface area contributed by atoms with Crippen LogP contribution in [-0.2, 0) is 4.79 Å². The molecule has 2 N–H and O–H groups in total. The summed E-state index contributed by atoms with van der Waals surface area (Å²) < 4.78 is 1.03. The van der Waals surface area contributed by atoms with Crippen molar-refractivity contribution in [1.82, 2.24) is 5.32 Å². The third-order valence-corrected chi connectivity index (χ3v) is 3.09. The fourth-order valence-corrected chi connectivity index (χ4v) is 1.81. The fourth-order valence-electron chi connectivity index (χ4n) is 1.55. The Labute approximate surface area is 110 Å². The lowest BCUT2D eigenvalue weighted by Crippen LogP contribution is -2.26. The molecule has 0 aromatic heterocycles. The number of rotatable bonds is 6. The summed E-state index contributed by atoms with van der Waals surface area (Å²) in [5.41, 5.74) is 1.09. The quantitative estimate of drug-likeness (QED) is 0.794. The second-order valence-corrected chi connectivity index (χ2v) is 4.94. The zero-order valence-corrected chi connectivity index (χ0v) is 11.5. The van der Waals surface area contributed by atoms with E-state index in [1.807, 2.05) is 31.2 Å². The molecule has 0 fully saturated rings. The van der Waals surface area contributed by atoms with Gasteiger partial charge in [0.1, 0.15) is 0 Å². The monoisotopic (exact) mass is 299 g/mol. The lowest BCUT2D eigenvalue weighted by atomic mass is 10.1. The van der Waals surface area contributed by atoms with Gasteiger partial charge in [-0.05, 0) is 37.5 Å². The molecular formula is C13H18BrNO2. The summed E-state index contributed by atoms with van der Waals surface area (Å²) in [5, 5.41) is 11.6. The van der Waals surface area contributed by atoms with E-state index in [1.165, 1.54) is 0 Å². The maximum Gasteiger partial charge on any atom is 0.220 e. The number of hydrogen-bond acceptors (Lipinski definition) is 2. The minimum Gasteiger partial charge on any atom is -0.396 e.